The van der Waals surface area contributed by atoms with Gasteiger partial charge in [0.15, 0.2) is 0 Å². The van der Waals surface area contributed by atoms with Crippen molar-refractivity contribution in [3.63, 3.8) is 0 Å². The number of nitrogens with zero attached hydrogens (tertiary/aromatic N) is 2. The zero-order chi connectivity index (χ0) is 11.4. The van der Waals surface area contributed by atoms with Gasteiger partial charge in [0, 0.05) is 24.4 Å². The number of aromatic nitrogens is 1. The molecule has 2 rings (SSSR count). The lowest BCUT2D eigenvalue weighted by Crippen LogP contribution is -2.23. The van der Waals surface area contributed by atoms with Crippen LogP contribution in [0.1, 0.15) is 18.0 Å². The highest BCUT2D eigenvalue weighted by molar-refractivity contribution is 5.16. The Kier molecular flexibility index (Phi) is 3.88. The molecule has 1 saturated heterocycles. The number of ether oxygens (including phenoxy) is 1. The van der Waals surface area contributed by atoms with Gasteiger partial charge in [0.2, 0.25) is 0 Å². The summed E-state index contributed by atoms with van der Waals surface area (Å²) in [4.78, 5) is 6.48. The molecule has 0 radical (unpaired) electrons. The molecule has 88 valence electrons. The molecule has 0 bridgehead atoms. The summed E-state index contributed by atoms with van der Waals surface area (Å²) in [7, 11) is 2.12. The third-order valence-electron chi connectivity index (χ3n) is 3.22. The molecular weight excluding hydrogens is 204 g/mol. The fraction of sp³-hybridized carbons (Fsp3) is 0.583. The average molecular weight is 222 g/mol. The van der Waals surface area contributed by atoms with Crippen LogP contribution in [0.2, 0.25) is 0 Å². The highest BCUT2D eigenvalue weighted by Crippen LogP contribution is 2.35. The van der Waals surface area contributed by atoms with E-state index in [-0.39, 0.29) is 6.79 Å². The zero-order valence-corrected chi connectivity index (χ0v) is 9.54. The van der Waals surface area contributed by atoms with Crippen LogP contribution in [0.15, 0.2) is 24.5 Å². The van der Waals surface area contributed by atoms with E-state index in [0.29, 0.717) is 18.6 Å². The van der Waals surface area contributed by atoms with Gasteiger partial charge < -0.3 is 9.84 Å². The van der Waals surface area contributed by atoms with E-state index in [2.05, 4.69) is 23.0 Å². The standard InChI is InChI=1S/C12H18N2O2/c1-14-6-4-11(8-16-9-15)12(14)10-3-2-5-13-7-10/h2-3,5,7,11-12,15H,4,6,8-9H2,1H3. The lowest BCUT2D eigenvalue weighted by molar-refractivity contribution is -0.0218. The van der Waals surface area contributed by atoms with E-state index in [1.165, 1.54) is 5.56 Å². The SMILES string of the molecule is CN1CCC(COCO)C1c1cccnc1. The van der Waals surface area contributed by atoms with E-state index in [0.717, 1.165) is 13.0 Å². The van der Waals surface area contributed by atoms with E-state index >= 15 is 0 Å². The molecule has 2 unspecified atom stereocenters. The van der Waals surface area contributed by atoms with Gasteiger partial charge in [-0.1, -0.05) is 6.07 Å². The van der Waals surface area contributed by atoms with Crippen LogP contribution < -0.4 is 0 Å². The second-order valence-corrected chi connectivity index (χ2v) is 4.26. The Balaban J connectivity index is 2.10. The highest BCUT2D eigenvalue weighted by Gasteiger charge is 2.32. The number of aliphatic hydroxyl groups excluding tert-OH is 1. The van der Waals surface area contributed by atoms with E-state index in [1.807, 2.05) is 12.3 Å². The zero-order valence-electron chi connectivity index (χ0n) is 9.54. The van der Waals surface area contributed by atoms with Gasteiger partial charge in [-0.3, -0.25) is 9.88 Å². The summed E-state index contributed by atoms with van der Waals surface area (Å²) in [6.07, 6.45) is 4.81. The van der Waals surface area contributed by atoms with E-state index < -0.39 is 0 Å². The van der Waals surface area contributed by atoms with Gasteiger partial charge >= 0.3 is 0 Å². The smallest absolute Gasteiger partial charge is 0.143 e. The molecule has 4 nitrogen and oxygen atoms in total. The summed E-state index contributed by atoms with van der Waals surface area (Å²) in [6, 6.07) is 4.43. The Morgan fingerprint density at radius 1 is 1.62 bits per heavy atom. The van der Waals surface area contributed by atoms with Gasteiger partial charge in [0.25, 0.3) is 0 Å². The lowest BCUT2D eigenvalue weighted by atomic mass is 9.96. The number of likely N-dealkylation sites (tertiary alicyclic amines) is 1. The van der Waals surface area contributed by atoms with Crippen molar-refractivity contribution in [2.45, 2.75) is 12.5 Å². The molecule has 2 atom stereocenters. The number of aliphatic hydroxyl groups is 1. The highest BCUT2D eigenvalue weighted by atomic mass is 16.6. The molecule has 0 aromatic carbocycles. The minimum Gasteiger partial charge on any atom is -0.371 e. The van der Waals surface area contributed by atoms with Crippen LogP contribution in [0.4, 0.5) is 0 Å². The van der Waals surface area contributed by atoms with Crippen LogP contribution >= 0.6 is 0 Å². The fourth-order valence-electron chi connectivity index (χ4n) is 2.48. The minimum absolute atomic E-state index is 0.194. The maximum atomic E-state index is 8.70. The Hall–Kier alpha value is -0.970. The van der Waals surface area contributed by atoms with Gasteiger partial charge in [0.05, 0.1) is 6.61 Å². The predicted molar refractivity (Wildman–Crippen MR) is 60.8 cm³/mol. The summed E-state index contributed by atoms with van der Waals surface area (Å²) in [5.41, 5.74) is 1.23. The van der Waals surface area contributed by atoms with Crippen molar-refractivity contribution in [1.82, 2.24) is 9.88 Å². The summed E-state index contributed by atoms with van der Waals surface area (Å²) >= 11 is 0. The lowest BCUT2D eigenvalue weighted by Gasteiger charge is -2.24. The van der Waals surface area contributed by atoms with Crippen molar-refractivity contribution in [2.75, 3.05) is 27.0 Å². The van der Waals surface area contributed by atoms with Crippen LogP contribution in [-0.2, 0) is 4.74 Å². The van der Waals surface area contributed by atoms with Crippen molar-refractivity contribution in [1.29, 1.82) is 0 Å². The summed E-state index contributed by atoms with van der Waals surface area (Å²) in [6.45, 7) is 1.49. The monoisotopic (exact) mass is 222 g/mol. The minimum atomic E-state index is -0.194. The number of pyridine rings is 1. The number of hydrogen-bond donors (Lipinski definition) is 1. The molecule has 1 aromatic rings. The van der Waals surface area contributed by atoms with E-state index in [4.69, 9.17) is 9.84 Å². The van der Waals surface area contributed by atoms with Crippen LogP contribution in [-0.4, -0.2) is 42.0 Å². The van der Waals surface area contributed by atoms with Crippen molar-refractivity contribution in [3.05, 3.63) is 30.1 Å². The second-order valence-electron chi connectivity index (χ2n) is 4.26. The molecule has 0 amide bonds. The Bertz CT molecular complexity index is 318. The average Bonchev–Trinajstić information content (AvgIpc) is 2.69. The molecule has 1 aliphatic rings. The van der Waals surface area contributed by atoms with Crippen molar-refractivity contribution in [3.8, 4) is 0 Å². The quantitative estimate of drug-likeness (QED) is 0.773. The van der Waals surface area contributed by atoms with Gasteiger partial charge in [-0.25, -0.2) is 0 Å². The molecule has 4 heteroatoms. The van der Waals surface area contributed by atoms with Crippen LogP contribution in [0, 0.1) is 5.92 Å². The predicted octanol–water partition coefficient (Wildman–Crippen LogP) is 1.04. The normalized spacial score (nSPS) is 26.1. The third kappa shape index (κ3) is 2.40. The first kappa shape index (κ1) is 11.5. The first-order valence-corrected chi connectivity index (χ1v) is 5.61. The molecule has 2 heterocycles. The Labute approximate surface area is 95.9 Å². The molecular formula is C12H18N2O2. The van der Waals surface area contributed by atoms with Crippen molar-refractivity contribution < 1.29 is 9.84 Å². The van der Waals surface area contributed by atoms with Gasteiger partial charge in [-0.2, -0.15) is 0 Å². The molecule has 0 aliphatic carbocycles. The van der Waals surface area contributed by atoms with Crippen LogP contribution in [0.3, 0.4) is 0 Å². The van der Waals surface area contributed by atoms with E-state index in [9.17, 15) is 0 Å². The Morgan fingerprint density at radius 3 is 3.19 bits per heavy atom. The first-order valence-electron chi connectivity index (χ1n) is 5.61. The molecule has 1 aliphatic heterocycles. The maximum absolute atomic E-state index is 8.70. The van der Waals surface area contributed by atoms with Gasteiger partial charge in [-0.15, -0.1) is 0 Å². The maximum Gasteiger partial charge on any atom is 0.143 e. The topological polar surface area (TPSA) is 45.6 Å². The number of hydrogen-bond acceptors (Lipinski definition) is 4. The second kappa shape index (κ2) is 5.39. The molecule has 0 spiro atoms. The molecule has 1 N–H and O–H groups in total. The molecule has 0 saturated carbocycles. The molecule has 16 heavy (non-hydrogen) atoms. The molecule has 1 fully saturated rings. The van der Waals surface area contributed by atoms with Crippen LogP contribution in [0.25, 0.3) is 0 Å². The summed E-state index contributed by atoms with van der Waals surface area (Å²) in [5.74, 6) is 0.446. The van der Waals surface area contributed by atoms with E-state index in [1.54, 1.807) is 6.20 Å². The van der Waals surface area contributed by atoms with Crippen molar-refractivity contribution >= 4 is 0 Å². The number of rotatable bonds is 4. The van der Waals surface area contributed by atoms with Crippen molar-refractivity contribution in [2.24, 2.45) is 5.92 Å². The largest absolute Gasteiger partial charge is 0.371 e. The van der Waals surface area contributed by atoms with Gasteiger partial charge in [0.1, 0.15) is 6.79 Å². The first-order chi connectivity index (χ1) is 7.83. The third-order valence-corrected chi connectivity index (χ3v) is 3.22. The van der Waals surface area contributed by atoms with Crippen LogP contribution in [0.5, 0.6) is 0 Å². The fourth-order valence-corrected chi connectivity index (χ4v) is 2.48. The summed E-state index contributed by atoms with van der Waals surface area (Å²) < 4.78 is 5.13. The molecule has 1 aromatic heterocycles. The Morgan fingerprint density at radius 2 is 2.50 bits per heavy atom. The van der Waals surface area contributed by atoms with Gasteiger partial charge in [-0.05, 0) is 31.6 Å². The summed E-state index contributed by atoms with van der Waals surface area (Å²) in [5, 5.41) is 8.70.